The summed E-state index contributed by atoms with van der Waals surface area (Å²) in [4.78, 5) is 22.4. The van der Waals surface area contributed by atoms with Crippen LogP contribution in [-0.2, 0) is 15.2 Å². The number of hydrogen-bond donors (Lipinski definition) is 0. The molecule has 21 heavy (non-hydrogen) atoms. The Kier molecular flexibility index (Phi) is 3.55. The number of rotatable bonds is 2. The molecule has 4 nitrogen and oxygen atoms in total. The molecule has 1 aliphatic rings. The number of aromatic nitrogens is 1. The second-order valence-corrected chi connectivity index (χ2v) is 6.22. The predicted octanol–water partition coefficient (Wildman–Crippen LogP) is 3.74. The Bertz CT molecular complexity index is 690. The highest BCUT2D eigenvalue weighted by molar-refractivity contribution is 9.10. The van der Waals surface area contributed by atoms with E-state index >= 15 is 0 Å². The van der Waals surface area contributed by atoms with Crippen LogP contribution in [0.3, 0.4) is 0 Å². The Morgan fingerprint density at radius 2 is 2.19 bits per heavy atom. The van der Waals surface area contributed by atoms with E-state index in [-0.39, 0.29) is 5.91 Å². The Morgan fingerprint density at radius 3 is 2.86 bits per heavy atom. The van der Waals surface area contributed by atoms with Crippen LogP contribution in [0.5, 0.6) is 0 Å². The predicted molar refractivity (Wildman–Crippen MR) is 83.7 cm³/mol. The van der Waals surface area contributed by atoms with Crippen molar-refractivity contribution in [1.82, 2.24) is 4.98 Å². The first kappa shape index (κ1) is 14.2. The summed E-state index contributed by atoms with van der Waals surface area (Å²) >= 11 is 3.48. The monoisotopic (exact) mass is 346 g/mol. The van der Waals surface area contributed by atoms with Crippen LogP contribution in [0, 0.1) is 6.92 Å². The first-order valence-corrected chi connectivity index (χ1v) is 7.48. The van der Waals surface area contributed by atoms with Gasteiger partial charge in [-0.3, -0.25) is 14.6 Å². The molecule has 0 radical (unpaired) electrons. The average Bonchev–Trinajstić information content (AvgIpc) is 2.79. The minimum atomic E-state index is -0.678. The van der Waals surface area contributed by atoms with E-state index in [0.717, 1.165) is 21.3 Å². The molecule has 1 aromatic heterocycles. The van der Waals surface area contributed by atoms with Crippen LogP contribution < -0.4 is 5.06 Å². The Labute approximate surface area is 131 Å². The third-order valence-corrected chi connectivity index (χ3v) is 4.52. The molecule has 5 heteroatoms. The fraction of sp³-hybridized carbons (Fsp3) is 0.250. The number of halogens is 1. The maximum atomic E-state index is 12.3. The van der Waals surface area contributed by atoms with Gasteiger partial charge >= 0.3 is 0 Å². The van der Waals surface area contributed by atoms with E-state index in [1.54, 1.807) is 12.4 Å². The van der Waals surface area contributed by atoms with Crippen LogP contribution in [0.15, 0.2) is 47.2 Å². The SMILES string of the molecule is Cc1ccc(N2OC(C)(c3cccnc3)CC2=O)cc1Br. The van der Waals surface area contributed by atoms with Crippen LogP contribution in [0.25, 0.3) is 0 Å². The molecule has 3 rings (SSSR count). The van der Waals surface area contributed by atoms with Crippen molar-refractivity contribution in [1.29, 1.82) is 0 Å². The number of anilines is 1. The standard InChI is InChI=1S/C16H15BrN2O2/c1-11-5-6-13(8-14(11)17)19-15(20)9-16(2,21-19)12-4-3-7-18-10-12/h3-8,10H,9H2,1-2H3. The van der Waals surface area contributed by atoms with E-state index in [0.29, 0.717) is 6.42 Å². The fourth-order valence-corrected chi connectivity index (χ4v) is 2.75. The van der Waals surface area contributed by atoms with Gasteiger partial charge in [-0.1, -0.05) is 28.1 Å². The number of nitrogens with zero attached hydrogens (tertiary/aromatic N) is 2. The quantitative estimate of drug-likeness (QED) is 0.831. The van der Waals surface area contributed by atoms with Gasteiger partial charge in [0.15, 0.2) is 0 Å². The van der Waals surface area contributed by atoms with Gasteiger partial charge in [0, 0.05) is 22.4 Å². The van der Waals surface area contributed by atoms with Crippen LogP contribution in [0.2, 0.25) is 0 Å². The zero-order valence-electron chi connectivity index (χ0n) is 11.8. The summed E-state index contributed by atoms with van der Waals surface area (Å²) in [6, 6.07) is 9.50. The normalized spacial score (nSPS) is 21.9. The molecule has 0 spiro atoms. The van der Waals surface area contributed by atoms with Crippen molar-refractivity contribution in [2.24, 2.45) is 0 Å². The van der Waals surface area contributed by atoms with Gasteiger partial charge in [0.2, 0.25) is 0 Å². The molecule has 1 aromatic carbocycles. The van der Waals surface area contributed by atoms with E-state index in [9.17, 15) is 4.79 Å². The van der Waals surface area contributed by atoms with E-state index < -0.39 is 5.60 Å². The van der Waals surface area contributed by atoms with Crippen molar-refractivity contribution in [3.63, 3.8) is 0 Å². The van der Waals surface area contributed by atoms with Crippen LogP contribution in [0.4, 0.5) is 5.69 Å². The number of carbonyl (C=O) groups excluding carboxylic acids is 1. The highest BCUT2D eigenvalue weighted by Crippen LogP contribution is 2.39. The van der Waals surface area contributed by atoms with Gasteiger partial charge in [-0.15, -0.1) is 0 Å². The lowest BCUT2D eigenvalue weighted by Gasteiger charge is -2.24. The minimum Gasteiger partial charge on any atom is -0.272 e. The summed E-state index contributed by atoms with van der Waals surface area (Å²) in [5, 5.41) is 1.37. The van der Waals surface area contributed by atoms with Gasteiger partial charge < -0.3 is 0 Å². The molecule has 0 saturated carbocycles. The smallest absolute Gasteiger partial charge is 0.254 e. The third-order valence-electron chi connectivity index (χ3n) is 3.67. The zero-order chi connectivity index (χ0) is 15.0. The molecule has 0 aliphatic carbocycles. The Hall–Kier alpha value is -1.72. The van der Waals surface area contributed by atoms with Gasteiger partial charge in [0.05, 0.1) is 12.1 Å². The molecule has 108 valence electrons. The number of hydrogen-bond acceptors (Lipinski definition) is 3. The molecule has 2 aromatic rings. The second kappa shape index (κ2) is 5.24. The van der Waals surface area contributed by atoms with Gasteiger partial charge in [0.1, 0.15) is 5.60 Å². The Balaban J connectivity index is 1.93. The Morgan fingerprint density at radius 1 is 1.38 bits per heavy atom. The van der Waals surface area contributed by atoms with Gasteiger partial charge in [0.25, 0.3) is 5.91 Å². The number of amides is 1. The summed E-state index contributed by atoms with van der Waals surface area (Å²) in [5.41, 5.74) is 2.06. The molecule has 1 amide bonds. The van der Waals surface area contributed by atoms with Crippen LogP contribution in [-0.4, -0.2) is 10.9 Å². The maximum absolute atomic E-state index is 12.3. The van der Waals surface area contributed by atoms with Gasteiger partial charge in [-0.2, -0.15) is 5.06 Å². The molecule has 1 fully saturated rings. The second-order valence-electron chi connectivity index (χ2n) is 5.36. The molecule has 1 aliphatic heterocycles. The molecule has 0 N–H and O–H groups in total. The number of pyridine rings is 1. The lowest BCUT2D eigenvalue weighted by atomic mass is 9.95. The summed E-state index contributed by atoms with van der Waals surface area (Å²) < 4.78 is 0.950. The van der Waals surface area contributed by atoms with Gasteiger partial charge in [-0.05, 0) is 37.6 Å². The third kappa shape index (κ3) is 2.59. The van der Waals surface area contributed by atoms with E-state index in [1.807, 2.05) is 44.2 Å². The van der Waals surface area contributed by atoms with Crippen LogP contribution >= 0.6 is 15.9 Å². The van der Waals surface area contributed by atoms with Crippen LogP contribution in [0.1, 0.15) is 24.5 Å². The minimum absolute atomic E-state index is 0.0582. The summed E-state index contributed by atoms with van der Waals surface area (Å²) in [7, 11) is 0. The molecular formula is C16H15BrN2O2. The van der Waals surface area contributed by atoms with Crippen molar-refractivity contribution < 1.29 is 9.63 Å². The van der Waals surface area contributed by atoms with Gasteiger partial charge in [-0.25, -0.2) is 0 Å². The lowest BCUT2D eigenvalue weighted by Crippen LogP contribution is -2.26. The highest BCUT2D eigenvalue weighted by atomic mass is 79.9. The summed E-state index contributed by atoms with van der Waals surface area (Å²) in [5.74, 6) is -0.0582. The molecule has 1 saturated heterocycles. The lowest BCUT2D eigenvalue weighted by molar-refractivity contribution is -0.119. The summed E-state index contributed by atoms with van der Waals surface area (Å²) in [6.45, 7) is 3.91. The molecule has 1 atom stereocenters. The largest absolute Gasteiger partial charge is 0.272 e. The average molecular weight is 347 g/mol. The molecule has 1 unspecified atom stereocenters. The summed E-state index contributed by atoms with van der Waals surface area (Å²) in [6.07, 6.45) is 3.74. The number of aryl methyl sites for hydroxylation is 1. The van der Waals surface area contributed by atoms with E-state index in [4.69, 9.17) is 4.84 Å². The van der Waals surface area contributed by atoms with E-state index in [2.05, 4.69) is 20.9 Å². The van der Waals surface area contributed by atoms with Crippen molar-refractivity contribution in [2.75, 3.05) is 5.06 Å². The highest BCUT2D eigenvalue weighted by Gasteiger charge is 2.43. The maximum Gasteiger partial charge on any atom is 0.254 e. The van der Waals surface area contributed by atoms with Crippen molar-refractivity contribution in [3.8, 4) is 0 Å². The topological polar surface area (TPSA) is 42.4 Å². The number of benzene rings is 1. The van der Waals surface area contributed by atoms with Crippen molar-refractivity contribution in [3.05, 3.63) is 58.3 Å². The molecule has 0 bridgehead atoms. The molecule has 2 heterocycles. The zero-order valence-corrected chi connectivity index (χ0v) is 13.4. The first-order chi connectivity index (χ1) is 9.99. The number of hydroxylamine groups is 1. The molecular weight excluding hydrogens is 332 g/mol. The number of carbonyl (C=O) groups is 1. The van der Waals surface area contributed by atoms with Crippen molar-refractivity contribution >= 4 is 27.5 Å². The van der Waals surface area contributed by atoms with Crippen molar-refractivity contribution in [2.45, 2.75) is 25.9 Å². The first-order valence-electron chi connectivity index (χ1n) is 6.68. The fourth-order valence-electron chi connectivity index (χ4n) is 2.38. The van der Waals surface area contributed by atoms with E-state index in [1.165, 1.54) is 5.06 Å².